The van der Waals surface area contributed by atoms with Gasteiger partial charge in [0.15, 0.2) is 0 Å². The second-order valence-electron chi connectivity index (χ2n) is 16.4. The van der Waals surface area contributed by atoms with Crippen LogP contribution in [0.2, 0.25) is 0 Å². The minimum Gasteiger partial charge on any atom is -0.327 e. The van der Waals surface area contributed by atoms with Crippen LogP contribution in [0.4, 0.5) is 0 Å². The van der Waals surface area contributed by atoms with Crippen LogP contribution in [0.1, 0.15) is 165 Å². The summed E-state index contributed by atoms with van der Waals surface area (Å²) < 4.78 is 0. The fraction of sp³-hybridized carbons (Fsp3) is 1.00. The van der Waals surface area contributed by atoms with Gasteiger partial charge >= 0.3 is 0 Å². The van der Waals surface area contributed by atoms with Crippen LogP contribution in [0.25, 0.3) is 0 Å². The first kappa shape index (κ1) is 35.1. The Hall–Kier alpha value is -0.0800. The summed E-state index contributed by atoms with van der Waals surface area (Å²) in [7, 11) is 0. The molecular formula is C37H74N2. The van der Waals surface area contributed by atoms with E-state index in [1.165, 1.54) is 109 Å². The van der Waals surface area contributed by atoms with E-state index in [1.54, 1.807) is 0 Å². The summed E-state index contributed by atoms with van der Waals surface area (Å²) in [5, 5.41) is 0. The molecule has 0 saturated heterocycles. The molecular weight excluding hydrogens is 472 g/mol. The van der Waals surface area contributed by atoms with Gasteiger partial charge in [-0.05, 0) is 117 Å². The first-order valence-electron chi connectivity index (χ1n) is 18.0. The first-order chi connectivity index (χ1) is 18.5. The summed E-state index contributed by atoms with van der Waals surface area (Å²) in [5.74, 6) is 8.05. The molecule has 2 heteroatoms. The van der Waals surface area contributed by atoms with Crippen LogP contribution in [0.5, 0.6) is 0 Å². The molecule has 2 nitrogen and oxygen atoms in total. The van der Waals surface area contributed by atoms with Gasteiger partial charge in [-0.1, -0.05) is 107 Å². The van der Waals surface area contributed by atoms with Gasteiger partial charge in [0.1, 0.15) is 0 Å². The third-order valence-electron chi connectivity index (χ3n) is 10.8. The molecule has 2 fully saturated rings. The molecule has 0 spiro atoms. The van der Waals surface area contributed by atoms with Gasteiger partial charge in [-0.3, -0.25) is 0 Å². The maximum atomic E-state index is 7.06. The van der Waals surface area contributed by atoms with Crippen molar-refractivity contribution in [3.63, 3.8) is 0 Å². The third kappa shape index (κ3) is 13.6. The van der Waals surface area contributed by atoms with E-state index in [-0.39, 0.29) is 0 Å². The SMILES string of the molecule is CC(C)CCCC1CC(CC2CC(CCCC(C)C)C(N)C(CCCC(C)C)C2)CC(CCCC(C)C)C1N. The van der Waals surface area contributed by atoms with E-state index in [0.717, 1.165) is 59.2 Å². The molecule has 39 heavy (non-hydrogen) atoms. The Kier molecular flexibility index (Phi) is 16.6. The van der Waals surface area contributed by atoms with Gasteiger partial charge in [0.2, 0.25) is 0 Å². The first-order valence-corrected chi connectivity index (χ1v) is 18.0. The van der Waals surface area contributed by atoms with Crippen molar-refractivity contribution in [1.82, 2.24) is 0 Å². The molecule has 2 saturated carbocycles. The Labute approximate surface area is 247 Å². The quantitative estimate of drug-likeness (QED) is 0.180. The van der Waals surface area contributed by atoms with Crippen LogP contribution in [0, 0.1) is 59.2 Å². The standard InChI is InChI=1S/C37H74N2/c1-26(2)13-9-17-32-22-30(23-33(36(32)38)18-10-14-27(3)4)21-31-24-34(19-11-15-28(5)6)37(39)35(25-31)20-12-16-29(7)8/h26-37H,9-25,38-39H2,1-8H3. The van der Waals surface area contributed by atoms with E-state index in [2.05, 4.69) is 55.4 Å². The summed E-state index contributed by atoms with van der Waals surface area (Å²) in [6.45, 7) is 19.0. The zero-order chi connectivity index (χ0) is 28.9. The van der Waals surface area contributed by atoms with Gasteiger partial charge in [0, 0.05) is 12.1 Å². The highest BCUT2D eigenvalue weighted by Crippen LogP contribution is 2.45. The largest absolute Gasteiger partial charge is 0.327 e. The zero-order valence-corrected chi connectivity index (χ0v) is 28.1. The molecule has 232 valence electrons. The van der Waals surface area contributed by atoms with Gasteiger partial charge in [-0.25, -0.2) is 0 Å². The van der Waals surface area contributed by atoms with E-state index in [1.807, 2.05) is 0 Å². The number of nitrogens with two attached hydrogens (primary N) is 2. The molecule has 4 unspecified atom stereocenters. The summed E-state index contributed by atoms with van der Waals surface area (Å²) in [4.78, 5) is 0. The fourth-order valence-corrected chi connectivity index (χ4v) is 8.55. The molecule has 0 heterocycles. The average Bonchev–Trinajstić information content (AvgIpc) is 2.83. The van der Waals surface area contributed by atoms with E-state index >= 15 is 0 Å². The molecule has 0 bridgehead atoms. The van der Waals surface area contributed by atoms with Crippen molar-refractivity contribution < 1.29 is 0 Å². The molecule has 0 aromatic carbocycles. The summed E-state index contributed by atoms with van der Waals surface area (Å²) in [6, 6.07) is 0.876. The lowest BCUT2D eigenvalue weighted by Gasteiger charge is -2.45. The lowest BCUT2D eigenvalue weighted by molar-refractivity contribution is 0.0848. The van der Waals surface area contributed by atoms with Crippen molar-refractivity contribution in [2.24, 2.45) is 70.6 Å². The van der Waals surface area contributed by atoms with Crippen LogP contribution in [-0.2, 0) is 0 Å². The highest BCUT2D eigenvalue weighted by molar-refractivity contribution is 4.93. The lowest BCUT2D eigenvalue weighted by Crippen LogP contribution is -2.46. The van der Waals surface area contributed by atoms with Gasteiger partial charge in [-0.2, -0.15) is 0 Å². The van der Waals surface area contributed by atoms with Crippen LogP contribution in [-0.4, -0.2) is 12.1 Å². The van der Waals surface area contributed by atoms with Gasteiger partial charge in [-0.15, -0.1) is 0 Å². The lowest BCUT2D eigenvalue weighted by atomic mass is 9.63. The Bertz CT molecular complexity index is 511. The molecule has 4 atom stereocenters. The fourth-order valence-electron chi connectivity index (χ4n) is 8.55. The van der Waals surface area contributed by atoms with Crippen LogP contribution < -0.4 is 11.5 Å². The molecule has 0 aromatic rings. The van der Waals surface area contributed by atoms with Gasteiger partial charge in [0.25, 0.3) is 0 Å². The van der Waals surface area contributed by atoms with E-state index in [0.29, 0.717) is 12.1 Å². The number of hydrogen-bond donors (Lipinski definition) is 2. The predicted molar refractivity (Wildman–Crippen MR) is 175 cm³/mol. The monoisotopic (exact) mass is 547 g/mol. The van der Waals surface area contributed by atoms with E-state index in [9.17, 15) is 0 Å². The topological polar surface area (TPSA) is 52.0 Å². The van der Waals surface area contributed by atoms with Crippen molar-refractivity contribution in [3.8, 4) is 0 Å². The third-order valence-corrected chi connectivity index (χ3v) is 10.8. The van der Waals surface area contributed by atoms with Crippen molar-refractivity contribution in [2.45, 2.75) is 177 Å². The van der Waals surface area contributed by atoms with Crippen LogP contribution in [0.3, 0.4) is 0 Å². The van der Waals surface area contributed by atoms with Crippen molar-refractivity contribution in [2.75, 3.05) is 0 Å². The highest BCUT2D eigenvalue weighted by Gasteiger charge is 2.39. The van der Waals surface area contributed by atoms with Crippen LogP contribution in [0.15, 0.2) is 0 Å². The second-order valence-corrected chi connectivity index (χ2v) is 16.4. The van der Waals surface area contributed by atoms with Crippen LogP contribution >= 0.6 is 0 Å². The highest BCUT2D eigenvalue weighted by atomic mass is 14.7. The number of hydrogen-bond acceptors (Lipinski definition) is 2. The Morgan fingerprint density at radius 3 is 0.872 bits per heavy atom. The maximum absolute atomic E-state index is 7.06. The summed E-state index contributed by atoms with van der Waals surface area (Å²) in [6.07, 6.45) is 23.5. The Morgan fingerprint density at radius 2 is 0.667 bits per heavy atom. The summed E-state index contributed by atoms with van der Waals surface area (Å²) in [5.41, 5.74) is 14.1. The minimum absolute atomic E-state index is 0.438. The normalized spacial score (nSPS) is 32.2. The van der Waals surface area contributed by atoms with Crippen molar-refractivity contribution in [3.05, 3.63) is 0 Å². The molecule has 0 radical (unpaired) electrons. The van der Waals surface area contributed by atoms with E-state index in [4.69, 9.17) is 11.5 Å². The molecule has 2 aliphatic carbocycles. The Morgan fingerprint density at radius 1 is 0.436 bits per heavy atom. The molecule has 2 rings (SSSR count). The van der Waals surface area contributed by atoms with E-state index < -0.39 is 0 Å². The summed E-state index contributed by atoms with van der Waals surface area (Å²) >= 11 is 0. The number of rotatable bonds is 18. The van der Waals surface area contributed by atoms with Gasteiger partial charge in [0.05, 0.1) is 0 Å². The second kappa shape index (κ2) is 18.5. The zero-order valence-electron chi connectivity index (χ0n) is 28.1. The Balaban J connectivity index is 2.07. The average molecular weight is 547 g/mol. The smallest absolute Gasteiger partial charge is 0.00958 e. The molecule has 0 amide bonds. The molecule has 0 aliphatic heterocycles. The molecule has 0 aromatic heterocycles. The molecule has 2 aliphatic rings. The van der Waals surface area contributed by atoms with Gasteiger partial charge < -0.3 is 11.5 Å². The predicted octanol–water partition coefficient (Wildman–Crippen LogP) is 10.6. The van der Waals surface area contributed by atoms with Crippen molar-refractivity contribution >= 4 is 0 Å². The minimum atomic E-state index is 0.438. The maximum Gasteiger partial charge on any atom is 0.00958 e. The molecule has 4 N–H and O–H groups in total. The van der Waals surface area contributed by atoms with Crippen molar-refractivity contribution in [1.29, 1.82) is 0 Å².